The monoisotopic (exact) mass is 247 g/mol. The van der Waals surface area contributed by atoms with Crippen LogP contribution in [0.15, 0.2) is 18.2 Å². The molecule has 0 fully saturated rings. The largest absolute Gasteiger partial charge is 0.497 e. The summed E-state index contributed by atoms with van der Waals surface area (Å²) in [4.78, 5) is 11.9. The van der Waals surface area contributed by atoms with Gasteiger partial charge in [-0.15, -0.1) is 0 Å². The molecule has 1 N–H and O–H groups in total. The summed E-state index contributed by atoms with van der Waals surface area (Å²) in [5.41, 5.74) is 2.04. The maximum Gasteiger partial charge on any atom is 0.232 e. The molecule has 18 heavy (non-hydrogen) atoms. The zero-order valence-electron chi connectivity index (χ0n) is 11.2. The first-order valence-corrected chi connectivity index (χ1v) is 6.75. The van der Waals surface area contributed by atoms with Crippen LogP contribution in [0.4, 0.5) is 5.69 Å². The number of hydrogen-bond donors (Lipinski definition) is 1. The molecule has 98 valence electrons. The molecule has 1 aromatic rings. The van der Waals surface area contributed by atoms with Gasteiger partial charge in [-0.1, -0.05) is 32.6 Å². The second-order valence-electron chi connectivity index (χ2n) is 4.84. The third-order valence-electron chi connectivity index (χ3n) is 3.55. The quantitative estimate of drug-likeness (QED) is 0.778. The van der Waals surface area contributed by atoms with E-state index in [9.17, 15) is 4.79 Å². The molecule has 3 nitrogen and oxygen atoms in total. The Morgan fingerprint density at radius 1 is 1.28 bits per heavy atom. The van der Waals surface area contributed by atoms with Crippen LogP contribution in [0, 0.1) is 0 Å². The van der Waals surface area contributed by atoms with Crippen LogP contribution in [-0.4, -0.2) is 13.0 Å². The van der Waals surface area contributed by atoms with E-state index in [-0.39, 0.29) is 11.8 Å². The van der Waals surface area contributed by atoms with E-state index in [1.165, 1.54) is 19.3 Å². The number of unbranched alkanes of at least 4 members (excludes halogenated alkanes) is 3. The molecule has 1 aromatic carbocycles. The number of ether oxygens (including phenoxy) is 1. The second kappa shape index (κ2) is 5.89. The van der Waals surface area contributed by atoms with Gasteiger partial charge in [0.25, 0.3) is 0 Å². The van der Waals surface area contributed by atoms with Gasteiger partial charge in [0.05, 0.1) is 13.0 Å². The minimum Gasteiger partial charge on any atom is -0.497 e. The van der Waals surface area contributed by atoms with Gasteiger partial charge in [-0.25, -0.2) is 0 Å². The Labute approximate surface area is 109 Å². The third kappa shape index (κ3) is 2.66. The summed E-state index contributed by atoms with van der Waals surface area (Å²) in [6.07, 6.45) is 5.73. The van der Waals surface area contributed by atoms with E-state index in [4.69, 9.17) is 4.74 Å². The fourth-order valence-electron chi connectivity index (χ4n) is 2.49. The van der Waals surface area contributed by atoms with Crippen molar-refractivity contribution in [2.45, 2.75) is 44.9 Å². The number of fused-ring (bicyclic) bond motifs is 1. The molecule has 3 heteroatoms. The van der Waals surface area contributed by atoms with E-state index in [0.29, 0.717) is 0 Å². The Bertz CT molecular complexity index is 429. The minimum atomic E-state index is 0.00644. The molecule has 0 bridgehead atoms. The van der Waals surface area contributed by atoms with Crippen molar-refractivity contribution in [1.82, 2.24) is 0 Å². The van der Waals surface area contributed by atoms with Gasteiger partial charge in [0, 0.05) is 5.69 Å². The zero-order chi connectivity index (χ0) is 13.0. The highest BCUT2D eigenvalue weighted by Gasteiger charge is 2.30. The lowest BCUT2D eigenvalue weighted by atomic mass is 9.94. The Kier molecular flexibility index (Phi) is 4.24. The SMILES string of the molecule is CCCCCCC1C(=O)Nc2ccc(OC)cc21. The van der Waals surface area contributed by atoms with Gasteiger partial charge in [-0.2, -0.15) is 0 Å². The van der Waals surface area contributed by atoms with Crippen molar-refractivity contribution in [1.29, 1.82) is 0 Å². The average molecular weight is 247 g/mol. The zero-order valence-corrected chi connectivity index (χ0v) is 11.2. The van der Waals surface area contributed by atoms with Crippen LogP contribution < -0.4 is 10.1 Å². The number of methoxy groups -OCH3 is 1. The highest BCUT2D eigenvalue weighted by atomic mass is 16.5. The third-order valence-corrected chi connectivity index (χ3v) is 3.55. The first-order chi connectivity index (χ1) is 8.76. The number of carbonyl (C=O) groups is 1. The second-order valence-corrected chi connectivity index (χ2v) is 4.84. The van der Waals surface area contributed by atoms with Gasteiger partial charge in [-0.05, 0) is 30.2 Å². The summed E-state index contributed by atoms with van der Waals surface area (Å²) in [6.45, 7) is 2.20. The summed E-state index contributed by atoms with van der Waals surface area (Å²) in [6, 6.07) is 5.80. The Balaban J connectivity index is 2.06. The van der Waals surface area contributed by atoms with Crippen molar-refractivity contribution in [3.8, 4) is 5.75 Å². The van der Waals surface area contributed by atoms with Gasteiger partial charge < -0.3 is 10.1 Å². The number of benzene rings is 1. The minimum absolute atomic E-state index is 0.00644. The molecule has 1 unspecified atom stereocenters. The van der Waals surface area contributed by atoms with E-state index in [1.807, 2.05) is 18.2 Å². The predicted octanol–water partition coefficient (Wildman–Crippen LogP) is 3.70. The molecule has 1 heterocycles. The lowest BCUT2D eigenvalue weighted by Gasteiger charge is -2.09. The van der Waals surface area contributed by atoms with Crippen molar-refractivity contribution in [2.24, 2.45) is 0 Å². The number of carbonyl (C=O) groups excluding carboxylic acids is 1. The topological polar surface area (TPSA) is 38.3 Å². The lowest BCUT2D eigenvalue weighted by Crippen LogP contribution is -2.11. The van der Waals surface area contributed by atoms with E-state index in [1.54, 1.807) is 7.11 Å². The molecule has 1 aliphatic rings. The van der Waals surface area contributed by atoms with E-state index in [0.717, 1.165) is 29.8 Å². The van der Waals surface area contributed by atoms with E-state index < -0.39 is 0 Å². The normalized spacial score (nSPS) is 17.4. The standard InChI is InChI=1S/C15H21NO2/c1-3-4-5-6-7-12-13-10-11(18-2)8-9-14(13)16-15(12)17/h8-10,12H,3-7H2,1-2H3,(H,16,17). The molecule has 0 aliphatic carbocycles. The molecule has 0 saturated heterocycles. The Morgan fingerprint density at radius 2 is 2.11 bits per heavy atom. The van der Waals surface area contributed by atoms with Crippen molar-refractivity contribution < 1.29 is 9.53 Å². The highest BCUT2D eigenvalue weighted by Crippen LogP contribution is 2.37. The van der Waals surface area contributed by atoms with Crippen LogP contribution in [0.3, 0.4) is 0 Å². The number of anilines is 1. The molecule has 2 rings (SSSR count). The van der Waals surface area contributed by atoms with Gasteiger partial charge >= 0.3 is 0 Å². The number of amides is 1. The fraction of sp³-hybridized carbons (Fsp3) is 0.533. The number of hydrogen-bond acceptors (Lipinski definition) is 2. The summed E-state index contributed by atoms with van der Waals surface area (Å²) < 4.78 is 5.23. The van der Waals surface area contributed by atoms with Crippen molar-refractivity contribution >= 4 is 11.6 Å². The van der Waals surface area contributed by atoms with Gasteiger partial charge in [0.2, 0.25) is 5.91 Å². The number of rotatable bonds is 6. The molecule has 1 amide bonds. The maximum atomic E-state index is 11.9. The molecule has 0 spiro atoms. The molecule has 0 radical (unpaired) electrons. The highest BCUT2D eigenvalue weighted by molar-refractivity contribution is 6.03. The first kappa shape index (κ1) is 12.9. The van der Waals surface area contributed by atoms with E-state index >= 15 is 0 Å². The predicted molar refractivity (Wildman–Crippen MR) is 73.1 cm³/mol. The lowest BCUT2D eigenvalue weighted by molar-refractivity contribution is -0.117. The van der Waals surface area contributed by atoms with Crippen LogP contribution in [0.5, 0.6) is 5.75 Å². The molecule has 1 aliphatic heterocycles. The molecular weight excluding hydrogens is 226 g/mol. The van der Waals surface area contributed by atoms with Crippen molar-refractivity contribution in [2.75, 3.05) is 12.4 Å². The van der Waals surface area contributed by atoms with Gasteiger partial charge in [0.1, 0.15) is 5.75 Å². The first-order valence-electron chi connectivity index (χ1n) is 6.75. The van der Waals surface area contributed by atoms with Gasteiger partial charge in [-0.3, -0.25) is 4.79 Å². The van der Waals surface area contributed by atoms with Crippen molar-refractivity contribution in [3.63, 3.8) is 0 Å². The smallest absolute Gasteiger partial charge is 0.232 e. The summed E-state index contributed by atoms with van der Waals surface area (Å²) >= 11 is 0. The Morgan fingerprint density at radius 3 is 2.83 bits per heavy atom. The average Bonchev–Trinajstić information content (AvgIpc) is 2.70. The van der Waals surface area contributed by atoms with E-state index in [2.05, 4.69) is 12.2 Å². The maximum absolute atomic E-state index is 11.9. The Hall–Kier alpha value is -1.51. The van der Waals surface area contributed by atoms with Crippen LogP contribution >= 0.6 is 0 Å². The molecule has 0 aromatic heterocycles. The molecular formula is C15H21NO2. The number of nitrogens with one attached hydrogen (secondary N) is 1. The fourth-order valence-corrected chi connectivity index (χ4v) is 2.49. The summed E-state index contributed by atoms with van der Waals surface area (Å²) in [5.74, 6) is 0.963. The van der Waals surface area contributed by atoms with Crippen molar-refractivity contribution in [3.05, 3.63) is 23.8 Å². The molecule has 1 atom stereocenters. The van der Waals surface area contributed by atoms with Crippen LogP contribution in [0.1, 0.15) is 50.5 Å². The van der Waals surface area contributed by atoms with Crippen LogP contribution in [-0.2, 0) is 4.79 Å². The molecule has 0 saturated carbocycles. The summed E-state index contributed by atoms with van der Waals surface area (Å²) in [7, 11) is 1.65. The van der Waals surface area contributed by atoms with Crippen LogP contribution in [0.2, 0.25) is 0 Å². The summed E-state index contributed by atoms with van der Waals surface area (Å²) in [5, 5.41) is 2.95. The van der Waals surface area contributed by atoms with Gasteiger partial charge in [0.15, 0.2) is 0 Å². The van der Waals surface area contributed by atoms with Crippen LogP contribution in [0.25, 0.3) is 0 Å².